The maximum absolute atomic E-state index is 12.7. The van der Waals surface area contributed by atoms with Crippen molar-refractivity contribution in [3.05, 3.63) is 0 Å². The van der Waals surface area contributed by atoms with Gasteiger partial charge in [0.2, 0.25) is 0 Å². The number of ether oxygens (including phenoxy) is 4. The van der Waals surface area contributed by atoms with Crippen LogP contribution in [0.3, 0.4) is 0 Å². The third-order valence-electron chi connectivity index (χ3n) is 5.25. The lowest BCUT2D eigenvalue weighted by molar-refractivity contribution is -0.0705. The average molecular weight is 460 g/mol. The van der Waals surface area contributed by atoms with Crippen molar-refractivity contribution in [3.63, 3.8) is 0 Å². The molecule has 0 radical (unpaired) electrons. The fraction of sp³-hybridized carbons (Fsp3) is 0.900. The molecule has 2 rings (SSSR count). The first kappa shape index (κ1) is 26.2. The van der Waals surface area contributed by atoms with E-state index in [2.05, 4.69) is 0 Å². The fourth-order valence-electron chi connectivity index (χ4n) is 3.77. The molecule has 0 aromatic carbocycles. The van der Waals surface area contributed by atoms with E-state index in [0.717, 1.165) is 0 Å². The molecule has 11 heteroatoms. The first-order valence-corrected chi connectivity index (χ1v) is 12.0. The molecule has 1 N–H and O–H groups in total. The van der Waals surface area contributed by atoms with Crippen molar-refractivity contribution >= 4 is 7.82 Å². The van der Waals surface area contributed by atoms with Crippen LogP contribution in [0.2, 0.25) is 0 Å². The number of phosphoric ester groups is 1. The van der Waals surface area contributed by atoms with Crippen molar-refractivity contribution in [3.8, 4) is 12.1 Å². The second-order valence-corrected chi connectivity index (χ2v) is 9.93. The van der Waals surface area contributed by atoms with Crippen LogP contribution < -0.4 is 0 Å². The van der Waals surface area contributed by atoms with Gasteiger partial charge in [0.1, 0.15) is 18.3 Å². The van der Waals surface area contributed by atoms with Gasteiger partial charge in [0.25, 0.3) is 0 Å². The molecule has 2 saturated heterocycles. The zero-order valence-electron chi connectivity index (χ0n) is 18.9. The molecule has 0 amide bonds. The van der Waals surface area contributed by atoms with Gasteiger partial charge in [-0.2, -0.15) is 10.5 Å². The highest BCUT2D eigenvalue weighted by molar-refractivity contribution is 7.47. The summed E-state index contributed by atoms with van der Waals surface area (Å²) in [5, 5.41) is 19.4. The van der Waals surface area contributed by atoms with Gasteiger partial charge in [-0.25, -0.2) is 4.57 Å². The summed E-state index contributed by atoms with van der Waals surface area (Å²) in [7, 11) is -4.67. The number of hydrogen-bond acceptors (Lipinski definition) is 9. The smallest absolute Gasteiger partial charge is 0.376 e. The van der Waals surface area contributed by atoms with Gasteiger partial charge in [-0.05, 0) is 41.5 Å². The van der Waals surface area contributed by atoms with Gasteiger partial charge in [0.05, 0.1) is 55.9 Å². The molecular formula is C20H33N2O8P. The van der Waals surface area contributed by atoms with Crippen LogP contribution in [0.5, 0.6) is 0 Å². The summed E-state index contributed by atoms with van der Waals surface area (Å²) < 4.78 is 46.1. The lowest BCUT2D eigenvalue weighted by Gasteiger charge is -2.28. The summed E-state index contributed by atoms with van der Waals surface area (Å²) in [6.45, 7) is 10.6. The zero-order chi connectivity index (χ0) is 23.4. The van der Waals surface area contributed by atoms with E-state index in [0.29, 0.717) is 6.42 Å². The van der Waals surface area contributed by atoms with E-state index in [1.807, 2.05) is 46.8 Å². The van der Waals surface area contributed by atoms with E-state index in [-0.39, 0.29) is 37.6 Å². The van der Waals surface area contributed by atoms with E-state index in [9.17, 15) is 20.0 Å². The zero-order valence-corrected chi connectivity index (χ0v) is 19.8. The highest BCUT2D eigenvalue weighted by Crippen LogP contribution is 2.52. The molecule has 0 aliphatic carbocycles. The topological polar surface area (TPSA) is 140 Å². The molecule has 10 nitrogen and oxygen atoms in total. The summed E-state index contributed by atoms with van der Waals surface area (Å²) in [6, 6.07) is 3.80. The van der Waals surface area contributed by atoms with Crippen LogP contribution in [0.1, 0.15) is 48.0 Å². The van der Waals surface area contributed by atoms with Crippen molar-refractivity contribution in [2.75, 3.05) is 13.2 Å². The Labute approximate surface area is 183 Å². The molecule has 0 aromatic heterocycles. The Morgan fingerprint density at radius 2 is 1.74 bits per heavy atom. The molecule has 0 bridgehead atoms. The van der Waals surface area contributed by atoms with Gasteiger partial charge in [-0.1, -0.05) is 0 Å². The molecule has 2 heterocycles. The van der Waals surface area contributed by atoms with Crippen molar-refractivity contribution in [1.82, 2.24) is 0 Å². The number of nitriles is 2. The van der Waals surface area contributed by atoms with Gasteiger partial charge >= 0.3 is 7.82 Å². The second kappa shape index (κ2) is 10.7. The number of rotatable bonds is 10. The first-order chi connectivity index (χ1) is 14.4. The lowest BCUT2D eigenvalue weighted by Crippen LogP contribution is -2.41. The maximum atomic E-state index is 12.7. The van der Waals surface area contributed by atoms with Crippen LogP contribution in [-0.4, -0.2) is 66.9 Å². The molecule has 31 heavy (non-hydrogen) atoms. The van der Waals surface area contributed by atoms with E-state index in [1.165, 1.54) is 0 Å². The van der Waals surface area contributed by atoms with Gasteiger partial charge in [-0.3, -0.25) is 9.05 Å². The van der Waals surface area contributed by atoms with Crippen LogP contribution in [0.25, 0.3) is 0 Å². The van der Waals surface area contributed by atoms with E-state index in [1.54, 1.807) is 6.92 Å². The molecule has 2 fully saturated rings. The quantitative estimate of drug-likeness (QED) is 0.484. The summed E-state index contributed by atoms with van der Waals surface area (Å²) in [6.07, 6.45) is -3.53. The molecule has 7 atom stereocenters. The Morgan fingerprint density at radius 3 is 2.29 bits per heavy atom. The van der Waals surface area contributed by atoms with Crippen LogP contribution >= 0.6 is 7.82 Å². The standard InChI is InChI=1S/C20H33N2O8P/c1-12(2)25-8-18-19(20(10-21,11-22)15(6)29-18)30-31(23,24)26-9-17-16(27-13(3)4)7-14(5)28-17/h12-19H,7-9H2,1-6H3,(H,23,24)/t14-,15-,16?,17?,18+,19-/m0/s1. The van der Waals surface area contributed by atoms with Gasteiger partial charge in [-0.15, -0.1) is 0 Å². The monoisotopic (exact) mass is 460 g/mol. The van der Waals surface area contributed by atoms with E-state index in [4.69, 9.17) is 28.0 Å². The molecule has 0 saturated carbocycles. The molecular weight excluding hydrogens is 427 g/mol. The summed E-state index contributed by atoms with van der Waals surface area (Å²) in [4.78, 5) is 10.4. The van der Waals surface area contributed by atoms with Gasteiger partial charge in [0.15, 0.2) is 5.41 Å². The summed E-state index contributed by atoms with van der Waals surface area (Å²) in [5.41, 5.74) is -1.78. The van der Waals surface area contributed by atoms with Crippen molar-refractivity contribution in [2.24, 2.45) is 5.41 Å². The van der Waals surface area contributed by atoms with E-state index >= 15 is 0 Å². The maximum Gasteiger partial charge on any atom is 0.472 e. The minimum Gasteiger partial charge on any atom is -0.376 e. The third kappa shape index (κ3) is 6.47. The SMILES string of the molecule is CC(C)OC[C@H]1O[C@@H](C)C(C#N)(C#N)[C@H]1OP(=O)(O)OCC1O[C@@H](C)CC1OC(C)C. The Kier molecular flexibility index (Phi) is 9.04. The Bertz CT molecular complexity index is 720. The highest BCUT2D eigenvalue weighted by Gasteiger charge is 2.59. The molecule has 0 spiro atoms. The Morgan fingerprint density at radius 1 is 1.10 bits per heavy atom. The predicted octanol–water partition coefficient (Wildman–Crippen LogP) is 2.71. The van der Waals surface area contributed by atoms with Gasteiger partial charge in [0, 0.05) is 6.42 Å². The normalized spacial score (nSPS) is 34.5. The molecule has 0 aromatic rings. The number of nitrogens with zero attached hydrogens (tertiary/aromatic N) is 2. The third-order valence-corrected chi connectivity index (χ3v) is 6.22. The average Bonchev–Trinajstić information content (AvgIpc) is 3.14. The van der Waals surface area contributed by atoms with Crippen molar-refractivity contribution in [2.45, 2.75) is 96.8 Å². The molecule has 3 unspecified atom stereocenters. The Balaban J connectivity index is 2.11. The molecule has 2 aliphatic rings. The predicted molar refractivity (Wildman–Crippen MR) is 109 cm³/mol. The van der Waals surface area contributed by atoms with E-state index < -0.39 is 37.7 Å². The number of hydrogen-bond donors (Lipinski definition) is 1. The molecule has 176 valence electrons. The Hall–Kier alpha value is -1.07. The fourth-order valence-corrected chi connectivity index (χ4v) is 4.75. The minimum absolute atomic E-state index is 0.00859. The summed E-state index contributed by atoms with van der Waals surface area (Å²) >= 11 is 0. The van der Waals surface area contributed by atoms with Crippen LogP contribution in [0, 0.1) is 28.1 Å². The second-order valence-electron chi connectivity index (χ2n) is 8.53. The highest BCUT2D eigenvalue weighted by atomic mass is 31.2. The largest absolute Gasteiger partial charge is 0.472 e. The van der Waals surface area contributed by atoms with Crippen molar-refractivity contribution in [1.29, 1.82) is 10.5 Å². The number of phosphoric acid groups is 1. The van der Waals surface area contributed by atoms with Crippen LogP contribution in [0.4, 0.5) is 0 Å². The van der Waals surface area contributed by atoms with Crippen LogP contribution in [0.15, 0.2) is 0 Å². The summed E-state index contributed by atoms with van der Waals surface area (Å²) in [5.74, 6) is 0. The molecule has 2 aliphatic heterocycles. The van der Waals surface area contributed by atoms with Crippen molar-refractivity contribution < 1.29 is 37.5 Å². The lowest BCUT2D eigenvalue weighted by atomic mass is 9.81. The first-order valence-electron chi connectivity index (χ1n) is 10.5. The van der Waals surface area contributed by atoms with Gasteiger partial charge < -0.3 is 23.8 Å². The minimum atomic E-state index is -4.67. The van der Waals surface area contributed by atoms with Crippen LogP contribution in [-0.2, 0) is 32.6 Å².